The van der Waals surface area contributed by atoms with Gasteiger partial charge in [-0.1, -0.05) is 220 Å². The molecule has 376 valence electrons. The fraction of sp³-hybridized carbons (Fsp3) is 0.672. The summed E-state index contributed by atoms with van der Waals surface area (Å²) in [5.41, 5.74) is 0. The van der Waals surface area contributed by atoms with Crippen LogP contribution in [0, 0.1) is 0 Å². The lowest BCUT2D eigenvalue weighted by atomic mass is 10.1. The molecule has 0 saturated heterocycles. The second-order valence-electron chi connectivity index (χ2n) is 17.7. The summed E-state index contributed by atoms with van der Waals surface area (Å²) in [5, 5.41) is 0. The van der Waals surface area contributed by atoms with Crippen LogP contribution in [0.3, 0.4) is 0 Å². The Bertz CT molecular complexity index is 1310. The summed E-state index contributed by atoms with van der Waals surface area (Å²) in [4.78, 5) is 25.4. The molecule has 0 saturated carbocycles. The van der Waals surface area contributed by atoms with Crippen molar-refractivity contribution in [3.8, 4) is 0 Å². The highest BCUT2D eigenvalue weighted by Gasteiger charge is 2.17. The van der Waals surface area contributed by atoms with Gasteiger partial charge < -0.3 is 14.2 Å². The smallest absolute Gasteiger partial charge is 0.306 e. The number of unbranched alkanes of at least 4 members (excludes halogenated alkanes) is 20. The molecule has 0 aromatic carbocycles. The maximum atomic E-state index is 12.8. The molecule has 0 spiro atoms. The lowest BCUT2D eigenvalue weighted by molar-refractivity contribution is -0.162. The Balaban J connectivity index is 4.37. The van der Waals surface area contributed by atoms with Crippen molar-refractivity contribution in [2.24, 2.45) is 0 Å². The summed E-state index contributed by atoms with van der Waals surface area (Å²) >= 11 is 0. The Labute approximate surface area is 408 Å². The minimum atomic E-state index is -0.590. The van der Waals surface area contributed by atoms with Gasteiger partial charge in [-0.2, -0.15) is 0 Å². The number of hydrogen-bond donors (Lipinski definition) is 0. The van der Waals surface area contributed by atoms with E-state index in [2.05, 4.69) is 124 Å². The number of allylic oxidation sites excluding steroid dienone is 18. The monoisotopic (exact) mass is 915 g/mol. The number of rotatable bonds is 49. The molecular formula is C61H102O5. The van der Waals surface area contributed by atoms with Gasteiger partial charge in [0.1, 0.15) is 6.61 Å². The third-order valence-corrected chi connectivity index (χ3v) is 11.3. The zero-order valence-corrected chi connectivity index (χ0v) is 43.2. The van der Waals surface area contributed by atoms with Crippen molar-refractivity contribution in [3.63, 3.8) is 0 Å². The lowest BCUT2D eigenvalue weighted by Gasteiger charge is -2.18. The number of ether oxygens (including phenoxy) is 3. The lowest BCUT2D eigenvalue weighted by Crippen LogP contribution is -2.30. The Kier molecular flexibility index (Phi) is 53.0. The van der Waals surface area contributed by atoms with E-state index in [0.29, 0.717) is 19.4 Å². The summed E-state index contributed by atoms with van der Waals surface area (Å²) < 4.78 is 17.4. The first-order chi connectivity index (χ1) is 32.6. The fourth-order valence-electron chi connectivity index (χ4n) is 7.21. The Morgan fingerprint density at radius 3 is 1.15 bits per heavy atom. The van der Waals surface area contributed by atoms with Crippen molar-refractivity contribution >= 4 is 11.9 Å². The molecule has 1 atom stereocenters. The van der Waals surface area contributed by atoms with Crippen LogP contribution in [0.5, 0.6) is 0 Å². The number of hydrogen-bond acceptors (Lipinski definition) is 5. The van der Waals surface area contributed by atoms with E-state index in [0.717, 1.165) is 83.5 Å². The average Bonchev–Trinajstić information content (AvgIpc) is 3.32. The molecule has 0 amide bonds. The van der Waals surface area contributed by atoms with Crippen molar-refractivity contribution in [1.82, 2.24) is 0 Å². The van der Waals surface area contributed by atoms with Crippen LogP contribution in [0.2, 0.25) is 0 Å². The van der Waals surface area contributed by atoms with Crippen molar-refractivity contribution in [3.05, 3.63) is 109 Å². The van der Waals surface area contributed by atoms with Crippen molar-refractivity contribution < 1.29 is 23.8 Å². The summed E-state index contributed by atoms with van der Waals surface area (Å²) in [5.74, 6) is -0.509. The fourth-order valence-corrected chi connectivity index (χ4v) is 7.21. The van der Waals surface area contributed by atoms with Gasteiger partial charge in [-0.05, 0) is 116 Å². The molecule has 66 heavy (non-hydrogen) atoms. The van der Waals surface area contributed by atoms with Crippen LogP contribution in [0.15, 0.2) is 109 Å². The van der Waals surface area contributed by atoms with Gasteiger partial charge in [0.25, 0.3) is 0 Å². The second-order valence-corrected chi connectivity index (χ2v) is 17.7. The molecule has 5 nitrogen and oxygen atoms in total. The van der Waals surface area contributed by atoms with E-state index in [1.54, 1.807) is 0 Å². The predicted molar refractivity (Wildman–Crippen MR) is 288 cm³/mol. The SMILES string of the molecule is CC/C=C\C/C=C\C/C=C\C/C=C\CCC(=O)OC(COCCCCCCCCC/C=C\C/C=C\C/C=C\CCCCC)COC(=O)CCCCCCCCC/C=C\C/C=C\CCCCC. The highest BCUT2D eigenvalue weighted by Crippen LogP contribution is 2.13. The van der Waals surface area contributed by atoms with Gasteiger partial charge in [-0.25, -0.2) is 0 Å². The second kappa shape index (κ2) is 55.9. The van der Waals surface area contributed by atoms with Gasteiger partial charge in [0.2, 0.25) is 0 Å². The minimum Gasteiger partial charge on any atom is -0.462 e. The highest BCUT2D eigenvalue weighted by molar-refractivity contribution is 5.70. The number of carbonyl (C=O) groups is 2. The standard InChI is InChI=1S/C61H102O5/c1-4-7-10-13-16-19-22-25-27-29-30-31-33-35-38-41-44-47-50-53-56-64-57-59(66-61(63)55-52-49-46-43-40-36-24-21-18-15-12-9-6-3)58-65-60(62)54-51-48-45-42-39-37-34-32-28-26-23-20-17-14-11-8-5-2/h9,12,16-21,25-28,30-31,36,40,46,49,59H,4-8,10-11,13-15,22-24,29,32-35,37-39,41-45,47-48,50-58H2,1-3H3/b12-9-,19-16-,20-17-,21-18-,27-25-,28-26-,31-30-,40-36-,49-46-. The van der Waals surface area contributed by atoms with Crippen LogP contribution in [0.1, 0.15) is 239 Å². The molecule has 1 unspecified atom stereocenters. The highest BCUT2D eigenvalue weighted by atomic mass is 16.6. The molecule has 0 rings (SSSR count). The maximum Gasteiger partial charge on any atom is 0.306 e. The summed E-state index contributed by atoms with van der Waals surface area (Å²) in [7, 11) is 0. The van der Waals surface area contributed by atoms with E-state index < -0.39 is 6.10 Å². The minimum absolute atomic E-state index is 0.0426. The van der Waals surface area contributed by atoms with Crippen molar-refractivity contribution in [2.75, 3.05) is 19.8 Å². The van der Waals surface area contributed by atoms with E-state index in [9.17, 15) is 9.59 Å². The molecule has 0 aliphatic heterocycles. The van der Waals surface area contributed by atoms with Crippen molar-refractivity contribution in [2.45, 2.75) is 245 Å². The molecule has 0 aromatic heterocycles. The molecular weight excluding hydrogens is 813 g/mol. The third-order valence-electron chi connectivity index (χ3n) is 11.3. The zero-order valence-electron chi connectivity index (χ0n) is 43.2. The van der Waals surface area contributed by atoms with E-state index in [1.165, 1.54) is 116 Å². The zero-order chi connectivity index (χ0) is 47.7. The Morgan fingerprint density at radius 2 is 0.712 bits per heavy atom. The number of esters is 2. The van der Waals surface area contributed by atoms with Gasteiger partial charge in [-0.3, -0.25) is 9.59 Å². The predicted octanol–water partition coefficient (Wildman–Crippen LogP) is 18.8. The van der Waals surface area contributed by atoms with Crippen LogP contribution in [-0.2, 0) is 23.8 Å². The quantitative estimate of drug-likeness (QED) is 0.0346. The van der Waals surface area contributed by atoms with Gasteiger partial charge in [0.15, 0.2) is 6.10 Å². The Morgan fingerprint density at radius 1 is 0.348 bits per heavy atom. The molecule has 5 heteroatoms. The van der Waals surface area contributed by atoms with Gasteiger partial charge in [0.05, 0.1) is 6.61 Å². The summed E-state index contributed by atoms with van der Waals surface area (Å²) in [6, 6.07) is 0. The van der Waals surface area contributed by atoms with E-state index in [4.69, 9.17) is 14.2 Å². The van der Waals surface area contributed by atoms with Crippen LogP contribution in [0.25, 0.3) is 0 Å². The van der Waals surface area contributed by atoms with Crippen molar-refractivity contribution in [1.29, 1.82) is 0 Å². The first kappa shape index (κ1) is 62.6. The molecule has 0 N–H and O–H groups in total. The van der Waals surface area contributed by atoms with E-state index in [-0.39, 0.29) is 31.6 Å². The average molecular weight is 915 g/mol. The molecule has 0 heterocycles. The van der Waals surface area contributed by atoms with Gasteiger partial charge in [0, 0.05) is 19.4 Å². The molecule has 0 radical (unpaired) electrons. The summed E-state index contributed by atoms with van der Waals surface area (Å²) in [6.07, 6.45) is 76.9. The van der Waals surface area contributed by atoms with Crippen LogP contribution in [0.4, 0.5) is 0 Å². The first-order valence-corrected chi connectivity index (χ1v) is 27.4. The molecule has 0 aliphatic rings. The maximum absolute atomic E-state index is 12.8. The topological polar surface area (TPSA) is 61.8 Å². The van der Waals surface area contributed by atoms with Crippen LogP contribution >= 0.6 is 0 Å². The molecule has 0 bridgehead atoms. The molecule has 0 aromatic rings. The third kappa shape index (κ3) is 53.2. The van der Waals surface area contributed by atoms with Gasteiger partial charge >= 0.3 is 11.9 Å². The summed E-state index contributed by atoms with van der Waals surface area (Å²) in [6.45, 7) is 7.55. The van der Waals surface area contributed by atoms with Crippen LogP contribution in [-0.4, -0.2) is 37.9 Å². The van der Waals surface area contributed by atoms with E-state index >= 15 is 0 Å². The molecule has 0 aliphatic carbocycles. The van der Waals surface area contributed by atoms with E-state index in [1.807, 2.05) is 6.08 Å². The largest absolute Gasteiger partial charge is 0.462 e. The van der Waals surface area contributed by atoms with Gasteiger partial charge in [-0.15, -0.1) is 0 Å². The normalized spacial score (nSPS) is 13.1. The number of carbonyl (C=O) groups excluding carboxylic acids is 2. The Hall–Kier alpha value is -3.44. The molecule has 0 fully saturated rings. The van der Waals surface area contributed by atoms with Crippen LogP contribution < -0.4 is 0 Å². The first-order valence-electron chi connectivity index (χ1n) is 27.4.